The van der Waals surface area contributed by atoms with Crippen molar-refractivity contribution in [2.45, 2.75) is 38.4 Å². The van der Waals surface area contributed by atoms with Crippen molar-refractivity contribution in [3.8, 4) is 5.75 Å². The Kier molecular flexibility index (Phi) is 7.14. The zero-order valence-electron chi connectivity index (χ0n) is 15.9. The van der Waals surface area contributed by atoms with Crippen LogP contribution >= 0.6 is 0 Å². The van der Waals surface area contributed by atoms with Crippen molar-refractivity contribution >= 4 is 5.96 Å². The van der Waals surface area contributed by atoms with Gasteiger partial charge in [0, 0.05) is 33.3 Å². The fourth-order valence-corrected chi connectivity index (χ4v) is 3.60. The van der Waals surface area contributed by atoms with Crippen LogP contribution in [0.25, 0.3) is 0 Å². The molecular formula is C20H31N3O3. The van der Waals surface area contributed by atoms with Crippen LogP contribution < -0.4 is 10.1 Å². The molecule has 144 valence electrons. The van der Waals surface area contributed by atoms with E-state index in [1.54, 1.807) is 0 Å². The van der Waals surface area contributed by atoms with Crippen molar-refractivity contribution in [1.29, 1.82) is 0 Å². The lowest BCUT2D eigenvalue weighted by Crippen LogP contribution is -2.53. The Balaban J connectivity index is 1.49. The molecule has 2 atom stereocenters. The van der Waals surface area contributed by atoms with Gasteiger partial charge in [0.05, 0.1) is 19.3 Å². The third kappa shape index (κ3) is 5.11. The van der Waals surface area contributed by atoms with E-state index in [4.69, 9.17) is 14.2 Å². The quantitative estimate of drug-likeness (QED) is 0.621. The molecule has 26 heavy (non-hydrogen) atoms. The first-order valence-electron chi connectivity index (χ1n) is 9.70. The summed E-state index contributed by atoms with van der Waals surface area (Å²) in [7, 11) is 1.84. The zero-order chi connectivity index (χ0) is 18.2. The van der Waals surface area contributed by atoms with Gasteiger partial charge in [-0.15, -0.1) is 0 Å². The van der Waals surface area contributed by atoms with Crippen molar-refractivity contribution in [1.82, 2.24) is 10.2 Å². The van der Waals surface area contributed by atoms with Crippen molar-refractivity contribution in [3.05, 3.63) is 29.8 Å². The molecule has 0 aromatic heterocycles. The van der Waals surface area contributed by atoms with Crippen molar-refractivity contribution in [3.63, 3.8) is 0 Å². The molecule has 0 spiro atoms. The number of nitrogens with zero attached hydrogens (tertiary/aromatic N) is 2. The molecule has 2 heterocycles. The van der Waals surface area contributed by atoms with Gasteiger partial charge in [-0.1, -0.05) is 12.1 Å². The van der Waals surface area contributed by atoms with Crippen molar-refractivity contribution in [2.24, 2.45) is 4.99 Å². The maximum Gasteiger partial charge on any atom is 0.193 e. The summed E-state index contributed by atoms with van der Waals surface area (Å²) in [6.07, 6.45) is 3.54. The van der Waals surface area contributed by atoms with Crippen LogP contribution in [-0.4, -0.2) is 69.6 Å². The number of benzene rings is 1. The number of morpholine rings is 1. The van der Waals surface area contributed by atoms with Crippen LogP contribution in [0.2, 0.25) is 0 Å². The van der Waals surface area contributed by atoms with Gasteiger partial charge in [-0.2, -0.15) is 0 Å². The molecule has 0 aliphatic carbocycles. The maximum absolute atomic E-state index is 5.93. The first-order chi connectivity index (χ1) is 12.8. The van der Waals surface area contributed by atoms with Gasteiger partial charge in [-0.25, -0.2) is 0 Å². The number of ether oxygens (including phenoxy) is 3. The highest BCUT2D eigenvalue weighted by Crippen LogP contribution is 2.21. The molecule has 2 aliphatic heterocycles. The Hall–Kier alpha value is -1.79. The lowest BCUT2D eigenvalue weighted by molar-refractivity contribution is -0.0816. The summed E-state index contributed by atoms with van der Waals surface area (Å²) in [5.74, 6) is 1.87. The second-order valence-electron chi connectivity index (χ2n) is 6.71. The summed E-state index contributed by atoms with van der Waals surface area (Å²) in [4.78, 5) is 6.75. The minimum absolute atomic E-state index is 0.146. The zero-order valence-corrected chi connectivity index (χ0v) is 15.9. The molecule has 1 aromatic rings. The first-order valence-corrected chi connectivity index (χ1v) is 9.70. The van der Waals surface area contributed by atoms with E-state index in [-0.39, 0.29) is 12.2 Å². The van der Waals surface area contributed by atoms with Crippen molar-refractivity contribution < 1.29 is 14.2 Å². The van der Waals surface area contributed by atoms with Gasteiger partial charge < -0.3 is 24.4 Å². The van der Waals surface area contributed by atoms with E-state index in [1.165, 1.54) is 5.56 Å². The number of nitrogens with one attached hydrogen (secondary N) is 1. The summed E-state index contributed by atoms with van der Waals surface area (Å²) in [5, 5.41) is 3.49. The molecule has 6 nitrogen and oxygen atoms in total. The summed E-state index contributed by atoms with van der Waals surface area (Å²) < 4.78 is 17.3. The second kappa shape index (κ2) is 9.78. The molecule has 2 aliphatic rings. The maximum atomic E-state index is 5.93. The molecule has 2 saturated heterocycles. The van der Waals surface area contributed by atoms with E-state index in [9.17, 15) is 0 Å². The Morgan fingerprint density at radius 2 is 2.19 bits per heavy atom. The average Bonchev–Trinajstić information content (AvgIpc) is 3.21. The third-order valence-corrected chi connectivity index (χ3v) is 4.89. The standard InChI is InChI=1S/C20H31N3O3/c1-3-24-17-7-4-6-16(14-17)9-10-22-20(21-2)23-11-13-26-19(15-23)18-8-5-12-25-18/h4,6-7,14,18-19H,3,5,8-13,15H2,1-2H3,(H,21,22). The summed E-state index contributed by atoms with van der Waals surface area (Å²) >= 11 is 0. The fourth-order valence-electron chi connectivity index (χ4n) is 3.60. The lowest BCUT2D eigenvalue weighted by Gasteiger charge is -2.37. The van der Waals surface area contributed by atoms with Gasteiger partial charge >= 0.3 is 0 Å². The molecule has 0 amide bonds. The van der Waals surface area contributed by atoms with Crippen LogP contribution in [0.15, 0.2) is 29.3 Å². The molecule has 1 N–H and O–H groups in total. The lowest BCUT2D eigenvalue weighted by atomic mass is 10.1. The average molecular weight is 361 g/mol. The van der Waals surface area contributed by atoms with E-state index in [2.05, 4.69) is 27.3 Å². The molecule has 0 radical (unpaired) electrons. The van der Waals surface area contributed by atoms with Gasteiger partial charge in [0.1, 0.15) is 11.9 Å². The molecule has 2 fully saturated rings. The number of guanidine groups is 1. The Morgan fingerprint density at radius 1 is 1.31 bits per heavy atom. The highest BCUT2D eigenvalue weighted by atomic mass is 16.5. The van der Waals surface area contributed by atoms with Gasteiger partial charge in [0.2, 0.25) is 0 Å². The van der Waals surface area contributed by atoms with E-state index < -0.39 is 0 Å². The molecule has 6 heteroatoms. The summed E-state index contributed by atoms with van der Waals surface area (Å²) in [6, 6.07) is 8.28. The predicted molar refractivity (Wildman–Crippen MR) is 103 cm³/mol. The number of hydrogen-bond acceptors (Lipinski definition) is 4. The van der Waals surface area contributed by atoms with Gasteiger partial charge in [-0.3, -0.25) is 4.99 Å². The molecule has 0 bridgehead atoms. The first kappa shape index (κ1) is 19.0. The van der Waals surface area contributed by atoms with Crippen molar-refractivity contribution in [2.75, 3.05) is 46.5 Å². The van der Waals surface area contributed by atoms with Crippen LogP contribution in [0.3, 0.4) is 0 Å². The topological polar surface area (TPSA) is 55.3 Å². The van der Waals surface area contributed by atoms with E-state index >= 15 is 0 Å². The molecule has 1 aromatic carbocycles. The van der Waals surface area contributed by atoms with Crippen LogP contribution in [0.5, 0.6) is 5.75 Å². The molecule has 0 saturated carbocycles. The van der Waals surface area contributed by atoms with Crippen LogP contribution in [0.4, 0.5) is 0 Å². The van der Waals surface area contributed by atoms with Gasteiger partial charge in [0.15, 0.2) is 5.96 Å². The largest absolute Gasteiger partial charge is 0.494 e. The summed E-state index contributed by atoms with van der Waals surface area (Å²) in [5.41, 5.74) is 1.26. The smallest absolute Gasteiger partial charge is 0.193 e. The second-order valence-corrected chi connectivity index (χ2v) is 6.71. The Labute approximate surface area is 156 Å². The fraction of sp³-hybridized carbons (Fsp3) is 0.650. The SMILES string of the molecule is CCOc1cccc(CCNC(=NC)N2CCOC(C3CCCO3)C2)c1. The van der Waals surface area contributed by atoms with E-state index in [0.717, 1.165) is 63.8 Å². The highest BCUT2D eigenvalue weighted by Gasteiger charge is 2.32. The van der Waals surface area contributed by atoms with E-state index in [1.807, 2.05) is 26.1 Å². The molecular weight excluding hydrogens is 330 g/mol. The summed E-state index contributed by atoms with van der Waals surface area (Å²) in [6.45, 7) is 6.82. The van der Waals surface area contributed by atoms with Crippen LogP contribution in [-0.2, 0) is 15.9 Å². The normalized spacial score (nSPS) is 23.9. The minimum atomic E-state index is 0.146. The number of hydrogen-bond donors (Lipinski definition) is 1. The van der Waals surface area contributed by atoms with Gasteiger partial charge in [-0.05, 0) is 43.9 Å². The predicted octanol–water partition coefficient (Wildman–Crippen LogP) is 2.08. The number of rotatable bonds is 6. The molecule has 2 unspecified atom stereocenters. The van der Waals surface area contributed by atoms with Gasteiger partial charge in [0.25, 0.3) is 0 Å². The highest BCUT2D eigenvalue weighted by molar-refractivity contribution is 5.80. The Morgan fingerprint density at radius 3 is 2.96 bits per heavy atom. The number of aliphatic imine (C=N–C) groups is 1. The minimum Gasteiger partial charge on any atom is -0.494 e. The third-order valence-electron chi connectivity index (χ3n) is 4.89. The van der Waals surface area contributed by atoms with Crippen LogP contribution in [0, 0.1) is 0 Å². The van der Waals surface area contributed by atoms with E-state index in [0.29, 0.717) is 6.61 Å². The molecule has 3 rings (SSSR count). The monoisotopic (exact) mass is 361 g/mol. The Bertz CT molecular complexity index is 587. The van der Waals surface area contributed by atoms with Crippen LogP contribution in [0.1, 0.15) is 25.3 Å².